The second-order valence-electron chi connectivity index (χ2n) is 3.00. The number of hydrogen-bond acceptors (Lipinski definition) is 4. The molecule has 17 heavy (non-hydrogen) atoms. The summed E-state index contributed by atoms with van der Waals surface area (Å²) in [6.45, 7) is 0. The first-order valence-electron chi connectivity index (χ1n) is 4.36. The van der Waals surface area contributed by atoms with Gasteiger partial charge in [-0.15, -0.1) is 5.10 Å². The van der Waals surface area contributed by atoms with Gasteiger partial charge in [0.05, 0.1) is 0 Å². The minimum Gasteiger partial charge on any atom is -0.237 e. The predicted octanol–water partition coefficient (Wildman–Crippen LogP) is 1.55. The summed E-state index contributed by atoms with van der Waals surface area (Å²) in [5.74, 6) is -0.627. The van der Waals surface area contributed by atoms with Crippen molar-refractivity contribution in [2.24, 2.45) is 0 Å². The van der Waals surface area contributed by atoms with Gasteiger partial charge in [0.2, 0.25) is 0 Å². The first-order chi connectivity index (χ1) is 8.02. The summed E-state index contributed by atoms with van der Waals surface area (Å²) in [5, 5.41) is 12.1. The van der Waals surface area contributed by atoms with Gasteiger partial charge in [-0.05, 0) is 12.1 Å². The van der Waals surface area contributed by atoms with Gasteiger partial charge in [-0.3, -0.25) is 0 Å². The molecule has 2 rings (SSSR count). The number of rotatable bonds is 1. The number of aromatic nitrogens is 4. The van der Waals surface area contributed by atoms with Crippen molar-refractivity contribution in [2.45, 2.75) is 6.18 Å². The van der Waals surface area contributed by atoms with Crippen LogP contribution in [0, 0.1) is 11.3 Å². The normalized spacial score (nSPS) is 11.2. The summed E-state index contributed by atoms with van der Waals surface area (Å²) < 4.78 is 38.8. The summed E-state index contributed by atoms with van der Waals surface area (Å²) in [5.41, 5.74) is -0.936. The lowest BCUT2D eigenvalue weighted by molar-refractivity contribution is -0.137. The molecule has 86 valence electrons. The van der Waals surface area contributed by atoms with E-state index in [1.54, 1.807) is 6.07 Å². The molecule has 2 aromatic rings. The molecule has 0 saturated carbocycles. The zero-order valence-corrected chi connectivity index (χ0v) is 8.18. The monoisotopic (exact) mass is 239 g/mol. The number of nitrogens with zero attached hydrogens (tertiary/aromatic N) is 5. The molecule has 0 fully saturated rings. The van der Waals surface area contributed by atoms with Crippen LogP contribution in [0.5, 0.6) is 0 Å². The van der Waals surface area contributed by atoms with Gasteiger partial charge in [0.15, 0.2) is 5.82 Å². The van der Waals surface area contributed by atoms with E-state index in [4.69, 9.17) is 5.26 Å². The fraction of sp³-hybridized carbons (Fsp3) is 0.111. The molecule has 0 aromatic carbocycles. The molecule has 0 aliphatic carbocycles. The Morgan fingerprint density at radius 1 is 1.29 bits per heavy atom. The molecule has 0 aliphatic rings. The molecule has 0 radical (unpaired) electrons. The van der Waals surface area contributed by atoms with Crippen molar-refractivity contribution in [3.05, 3.63) is 36.0 Å². The Labute approximate surface area is 93.2 Å². The van der Waals surface area contributed by atoms with Crippen LogP contribution in [0.3, 0.4) is 0 Å². The van der Waals surface area contributed by atoms with Crippen molar-refractivity contribution < 1.29 is 13.2 Å². The molecule has 0 amide bonds. The van der Waals surface area contributed by atoms with Crippen molar-refractivity contribution in [3.8, 4) is 11.9 Å². The van der Waals surface area contributed by atoms with Gasteiger partial charge in [-0.1, -0.05) is 0 Å². The van der Waals surface area contributed by atoms with E-state index in [2.05, 4.69) is 15.1 Å². The molecule has 0 N–H and O–H groups in total. The standard InChI is InChI=1S/C9H4F3N5/c10-9(11,12)6-2-1-3-14-8(6)17-5-15-7(4-13)16-17/h1-3,5H. The maximum absolute atomic E-state index is 12.7. The molecule has 0 bridgehead atoms. The van der Waals surface area contributed by atoms with E-state index in [1.165, 1.54) is 12.3 Å². The predicted molar refractivity (Wildman–Crippen MR) is 48.9 cm³/mol. The molecule has 5 nitrogen and oxygen atoms in total. The zero-order chi connectivity index (χ0) is 12.5. The lowest BCUT2D eigenvalue weighted by Crippen LogP contribution is -2.12. The van der Waals surface area contributed by atoms with Crippen molar-refractivity contribution in [3.63, 3.8) is 0 Å². The molecular formula is C9H4F3N5. The average Bonchev–Trinajstić information content (AvgIpc) is 2.76. The molecule has 2 heterocycles. The Bertz CT molecular complexity index is 581. The van der Waals surface area contributed by atoms with Crippen LogP contribution in [0.25, 0.3) is 5.82 Å². The highest BCUT2D eigenvalue weighted by Gasteiger charge is 2.34. The quantitative estimate of drug-likeness (QED) is 0.757. The average molecular weight is 239 g/mol. The van der Waals surface area contributed by atoms with Crippen LogP contribution in [0.1, 0.15) is 11.4 Å². The van der Waals surface area contributed by atoms with Crippen LogP contribution in [-0.4, -0.2) is 19.7 Å². The first-order valence-corrected chi connectivity index (χ1v) is 4.36. The molecule has 0 saturated heterocycles. The highest BCUT2D eigenvalue weighted by atomic mass is 19.4. The van der Waals surface area contributed by atoms with Gasteiger partial charge in [-0.2, -0.15) is 18.4 Å². The third-order valence-corrected chi connectivity index (χ3v) is 1.90. The zero-order valence-electron chi connectivity index (χ0n) is 8.18. The van der Waals surface area contributed by atoms with Crippen LogP contribution in [0.4, 0.5) is 13.2 Å². The smallest absolute Gasteiger partial charge is 0.237 e. The summed E-state index contributed by atoms with van der Waals surface area (Å²) in [7, 11) is 0. The van der Waals surface area contributed by atoms with Crippen LogP contribution in [0.15, 0.2) is 24.7 Å². The maximum atomic E-state index is 12.7. The van der Waals surface area contributed by atoms with Gasteiger partial charge < -0.3 is 0 Å². The van der Waals surface area contributed by atoms with Gasteiger partial charge in [0.1, 0.15) is 18.0 Å². The molecule has 0 aliphatic heterocycles. The van der Waals surface area contributed by atoms with Crippen molar-refractivity contribution in [1.82, 2.24) is 19.7 Å². The number of pyridine rings is 1. The second kappa shape index (κ2) is 3.86. The van der Waals surface area contributed by atoms with E-state index in [0.717, 1.165) is 17.1 Å². The molecule has 0 atom stereocenters. The highest BCUT2D eigenvalue weighted by molar-refractivity contribution is 5.34. The SMILES string of the molecule is N#Cc1ncn(-c2ncccc2C(F)(F)F)n1. The maximum Gasteiger partial charge on any atom is 0.420 e. The second-order valence-corrected chi connectivity index (χ2v) is 3.00. The molecule has 0 spiro atoms. The Hall–Kier alpha value is -2.43. The Morgan fingerprint density at radius 3 is 2.65 bits per heavy atom. The summed E-state index contributed by atoms with van der Waals surface area (Å²) in [4.78, 5) is 7.11. The van der Waals surface area contributed by atoms with Gasteiger partial charge >= 0.3 is 6.18 Å². The molecule has 8 heteroatoms. The fourth-order valence-corrected chi connectivity index (χ4v) is 1.22. The summed E-state index contributed by atoms with van der Waals surface area (Å²) >= 11 is 0. The van der Waals surface area contributed by atoms with Crippen LogP contribution >= 0.6 is 0 Å². The van der Waals surface area contributed by atoms with Crippen molar-refractivity contribution in [1.29, 1.82) is 5.26 Å². The first kappa shape index (κ1) is 11.1. The van der Waals surface area contributed by atoms with E-state index < -0.39 is 17.6 Å². The van der Waals surface area contributed by atoms with Crippen molar-refractivity contribution >= 4 is 0 Å². The minimum atomic E-state index is -4.54. The number of nitriles is 1. The van der Waals surface area contributed by atoms with E-state index in [0.29, 0.717) is 0 Å². The molecular weight excluding hydrogens is 235 g/mol. The number of alkyl halides is 3. The summed E-state index contributed by atoms with van der Waals surface area (Å²) in [6, 6.07) is 3.68. The number of halogens is 3. The van der Waals surface area contributed by atoms with Gasteiger partial charge in [0, 0.05) is 6.20 Å². The number of hydrogen-bond donors (Lipinski definition) is 0. The van der Waals surface area contributed by atoms with Gasteiger partial charge in [-0.25, -0.2) is 14.6 Å². The Balaban J connectivity index is 2.56. The minimum absolute atomic E-state index is 0.219. The van der Waals surface area contributed by atoms with E-state index in [9.17, 15) is 13.2 Å². The lowest BCUT2D eigenvalue weighted by Gasteiger charge is -2.10. The lowest BCUT2D eigenvalue weighted by atomic mass is 10.2. The van der Waals surface area contributed by atoms with E-state index in [1.807, 2.05) is 0 Å². The van der Waals surface area contributed by atoms with E-state index >= 15 is 0 Å². The topological polar surface area (TPSA) is 67.4 Å². The highest BCUT2D eigenvalue weighted by Crippen LogP contribution is 2.32. The Morgan fingerprint density at radius 2 is 2.06 bits per heavy atom. The van der Waals surface area contributed by atoms with Crippen LogP contribution in [-0.2, 0) is 6.18 Å². The summed E-state index contributed by atoms with van der Waals surface area (Å²) in [6.07, 6.45) is -2.32. The van der Waals surface area contributed by atoms with Crippen LogP contribution in [0.2, 0.25) is 0 Å². The Kier molecular flexibility index (Phi) is 2.51. The third kappa shape index (κ3) is 2.08. The largest absolute Gasteiger partial charge is 0.420 e. The third-order valence-electron chi connectivity index (χ3n) is 1.90. The van der Waals surface area contributed by atoms with Crippen LogP contribution < -0.4 is 0 Å². The molecule has 2 aromatic heterocycles. The molecule has 0 unspecified atom stereocenters. The van der Waals surface area contributed by atoms with Crippen molar-refractivity contribution in [2.75, 3.05) is 0 Å². The van der Waals surface area contributed by atoms with E-state index in [-0.39, 0.29) is 5.82 Å². The van der Waals surface area contributed by atoms with Gasteiger partial charge in [0.25, 0.3) is 5.82 Å². The fourth-order valence-electron chi connectivity index (χ4n) is 1.22.